The van der Waals surface area contributed by atoms with Gasteiger partial charge in [-0.3, -0.25) is 14.4 Å². The highest BCUT2D eigenvalue weighted by Crippen LogP contribution is 2.36. The summed E-state index contributed by atoms with van der Waals surface area (Å²) in [5.74, 6) is -4.46. The number of aryl methyl sites for hydroxylation is 2. The minimum atomic E-state index is -2.58. The minimum Gasteiger partial charge on any atom is -0.508 e. The molecule has 60 heavy (non-hydrogen) atoms. The van der Waals surface area contributed by atoms with Gasteiger partial charge in [0, 0.05) is 35.9 Å². The fraction of sp³-hybridized carbons (Fsp3) is 0.326. The summed E-state index contributed by atoms with van der Waals surface area (Å²) in [7, 11) is 1.42. The molecule has 1 saturated heterocycles. The summed E-state index contributed by atoms with van der Waals surface area (Å²) in [6, 6.07) is 17.0. The second kappa shape index (κ2) is 17.2. The van der Waals surface area contributed by atoms with Crippen LogP contribution in [0.1, 0.15) is 17.5 Å². The van der Waals surface area contributed by atoms with E-state index in [-0.39, 0.29) is 39.9 Å². The number of carbonyl (C=O) groups is 2. The number of phenols is 1. The predicted octanol–water partition coefficient (Wildman–Crippen LogP) is 2.63. The lowest BCUT2D eigenvalue weighted by atomic mass is 9.85. The molecule has 0 radical (unpaired) electrons. The number of hydrogen-bond donors (Lipinski definition) is 8. The Morgan fingerprint density at radius 1 is 1.02 bits per heavy atom. The zero-order valence-corrected chi connectivity index (χ0v) is 32.8. The molecule has 7 rings (SSSR count). The number of fused-ring (bicyclic) bond motifs is 2. The molecule has 7 atom stereocenters. The number of aliphatic hydroxyl groups is 4. The Hall–Kier alpha value is -6.21. The maximum atomic E-state index is 13.5. The fourth-order valence-electron chi connectivity index (χ4n) is 7.61. The maximum Gasteiger partial charge on any atom is 0.322 e. The molecular weight excluding hydrogens is 782 g/mol. The van der Waals surface area contributed by atoms with E-state index in [4.69, 9.17) is 23.5 Å². The number of aliphatic hydroxyl groups excluding tert-OH is 3. The van der Waals surface area contributed by atoms with Gasteiger partial charge in [-0.15, -0.1) is 0 Å². The van der Waals surface area contributed by atoms with E-state index in [2.05, 4.69) is 10.3 Å². The predicted molar refractivity (Wildman–Crippen MR) is 215 cm³/mol. The lowest BCUT2D eigenvalue weighted by molar-refractivity contribution is -0.326. The molecule has 7 unspecified atom stereocenters. The second-order valence-corrected chi connectivity index (χ2v) is 14.8. The first kappa shape index (κ1) is 41.9. The topological polar surface area (TPSA) is 255 Å². The van der Waals surface area contributed by atoms with Crippen LogP contribution in [0.25, 0.3) is 44.3 Å². The summed E-state index contributed by atoms with van der Waals surface area (Å²) in [5, 5.41) is 67.2. The number of hydrogen-bond acceptors (Lipinski definition) is 14. The largest absolute Gasteiger partial charge is 0.508 e. The van der Waals surface area contributed by atoms with Crippen molar-refractivity contribution in [2.24, 2.45) is 5.92 Å². The molecule has 0 saturated carbocycles. The van der Waals surface area contributed by atoms with E-state index in [0.717, 1.165) is 22.1 Å². The minimum absolute atomic E-state index is 0.0293. The Morgan fingerprint density at radius 2 is 1.75 bits per heavy atom. The van der Waals surface area contributed by atoms with Gasteiger partial charge in [0.2, 0.25) is 12.4 Å². The number of nitrogens with zero attached hydrogens (tertiary/aromatic N) is 1. The van der Waals surface area contributed by atoms with Crippen molar-refractivity contribution in [2.45, 2.75) is 56.5 Å². The van der Waals surface area contributed by atoms with Crippen LogP contribution in [0, 0.1) is 19.8 Å². The fourth-order valence-corrected chi connectivity index (χ4v) is 7.61. The number of benzene rings is 3. The third-order valence-corrected chi connectivity index (χ3v) is 10.7. The molecule has 1 fully saturated rings. The van der Waals surface area contributed by atoms with Gasteiger partial charge in [-0.25, -0.2) is 0 Å². The van der Waals surface area contributed by atoms with Gasteiger partial charge in [0.05, 0.1) is 29.3 Å². The number of carbonyl (C=O) groups excluding carboxylic acids is 1. The lowest BCUT2D eigenvalue weighted by Gasteiger charge is -2.48. The number of nitrogens with one attached hydrogen (secondary N) is 2. The first-order valence-corrected chi connectivity index (χ1v) is 19.1. The van der Waals surface area contributed by atoms with Gasteiger partial charge >= 0.3 is 11.9 Å². The highest BCUT2D eigenvalue weighted by molar-refractivity contribution is 5.95. The zero-order chi connectivity index (χ0) is 42.9. The van der Waals surface area contributed by atoms with Crippen molar-refractivity contribution in [3.8, 4) is 33.9 Å². The Kier molecular flexibility index (Phi) is 12.0. The number of aromatic hydroxyl groups is 1. The normalized spacial score (nSPS) is 21.4. The highest BCUT2D eigenvalue weighted by atomic mass is 16.8. The van der Waals surface area contributed by atoms with E-state index in [1.807, 2.05) is 38.1 Å². The number of esters is 1. The van der Waals surface area contributed by atoms with E-state index < -0.39 is 73.9 Å². The van der Waals surface area contributed by atoms with E-state index >= 15 is 0 Å². The van der Waals surface area contributed by atoms with Crippen LogP contribution in [0.15, 0.2) is 94.6 Å². The Balaban J connectivity index is 1.26. The summed E-state index contributed by atoms with van der Waals surface area (Å²) >= 11 is 0. The summed E-state index contributed by atoms with van der Waals surface area (Å²) < 4.78 is 25.1. The van der Waals surface area contributed by atoms with Gasteiger partial charge in [-0.2, -0.15) is 4.73 Å². The molecule has 0 spiro atoms. The second-order valence-electron chi connectivity index (χ2n) is 14.8. The first-order valence-electron chi connectivity index (χ1n) is 19.1. The van der Waals surface area contributed by atoms with Crippen molar-refractivity contribution >= 4 is 33.8 Å². The number of aliphatic carboxylic acids is 1. The van der Waals surface area contributed by atoms with Gasteiger partial charge in [-0.05, 0) is 75.3 Å². The van der Waals surface area contributed by atoms with Gasteiger partial charge in [0.1, 0.15) is 53.5 Å². The number of ether oxygens (including phenoxy) is 3. The first-order chi connectivity index (χ1) is 28.8. The van der Waals surface area contributed by atoms with Crippen LogP contribution in [0.3, 0.4) is 0 Å². The maximum absolute atomic E-state index is 13.5. The quantitative estimate of drug-likeness (QED) is 0.0547. The van der Waals surface area contributed by atoms with E-state index in [1.54, 1.807) is 24.5 Å². The SMILES string of the molecule is CNC(CCO)C(C(=O)O)C(=O)OCC1OC(Oc2ccc3c(=O)c(-c4ccc(O)cc4)coc3c2)C(On2cc3cc[nH]c3c2-c2cc(C)cc(C)c2)C(O)C1(O)CO. The number of carboxylic acid groups (broad SMARTS) is 1. The molecule has 0 aliphatic carbocycles. The van der Waals surface area contributed by atoms with E-state index in [1.165, 1.54) is 48.4 Å². The van der Waals surface area contributed by atoms with Crippen LogP contribution < -0.4 is 20.3 Å². The van der Waals surface area contributed by atoms with Crippen molar-refractivity contribution in [1.82, 2.24) is 15.0 Å². The van der Waals surface area contributed by atoms with Crippen LogP contribution in [0.2, 0.25) is 0 Å². The highest BCUT2D eigenvalue weighted by Gasteiger charge is 2.58. The summed E-state index contributed by atoms with van der Waals surface area (Å²) in [5.41, 5.74) is 1.86. The van der Waals surface area contributed by atoms with Gasteiger partial charge in [0.15, 0.2) is 11.3 Å². The van der Waals surface area contributed by atoms with E-state index in [0.29, 0.717) is 16.8 Å². The Morgan fingerprint density at radius 3 is 2.42 bits per heavy atom. The molecular formula is C43H45N3O14. The number of H-pyrrole nitrogens is 1. The van der Waals surface area contributed by atoms with Crippen LogP contribution in [-0.4, -0.2) is 115 Å². The molecule has 3 aromatic carbocycles. The Bertz CT molecular complexity index is 2540. The molecule has 4 heterocycles. The van der Waals surface area contributed by atoms with Crippen LogP contribution >= 0.6 is 0 Å². The molecule has 316 valence electrons. The third kappa shape index (κ3) is 8.05. The number of rotatable bonds is 15. The van der Waals surface area contributed by atoms with Gasteiger partial charge < -0.3 is 64.4 Å². The molecule has 0 amide bonds. The van der Waals surface area contributed by atoms with Crippen molar-refractivity contribution < 1.29 is 63.7 Å². The molecule has 0 bridgehead atoms. The summed E-state index contributed by atoms with van der Waals surface area (Å²) in [4.78, 5) is 48.6. The Labute approximate surface area is 341 Å². The molecule has 3 aromatic heterocycles. The summed E-state index contributed by atoms with van der Waals surface area (Å²) in [6.45, 7) is 1.47. The molecule has 17 heteroatoms. The molecule has 1 aliphatic rings. The van der Waals surface area contributed by atoms with Gasteiger partial charge in [0.25, 0.3) is 0 Å². The molecule has 17 nitrogen and oxygen atoms in total. The number of carboxylic acids is 1. The third-order valence-electron chi connectivity index (χ3n) is 10.7. The van der Waals surface area contributed by atoms with Gasteiger partial charge in [-0.1, -0.05) is 29.3 Å². The average Bonchev–Trinajstić information content (AvgIpc) is 3.81. The van der Waals surface area contributed by atoms with Crippen LogP contribution in [-0.2, 0) is 19.1 Å². The molecule has 8 N–H and O–H groups in total. The van der Waals surface area contributed by atoms with Crippen LogP contribution in [0.4, 0.5) is 0 Å². The zero-order valence-electron chi connectivity index (χ0n) is 32.8. The van der Waals surface area contributed by atoms with Crippen LogP contribution in [0.5, 0.6) is 11.5 Å². The average molecular weight is 828 g/mol. The summed E-state index contributed by atoms with van der Waals surface area (Å²) in [6.07, 6.45) is -2.43. The lowest BCUT2D eigenvalue weighted by Crippen LogP contribution is -2.71. The molecule has 6 aromatic rings. The van der Waals surface area contributed by atoms with Crippen molar-refractivity contribution in [2.75, 3.05) is 26.9 Å². The number of aromatic amines is 1. The van der Waals surface area contributed by atoms with E-state index in [9.17, 15) is 45.0 Å². The number of aromatic nitrogens is 2. The standard InChI is InChI=1S/C43H45N3O14/c1-22-14-23(2)16-26(15-22)36-35-25(10-12-45-35)18-46(36)60-38-39(51)43(55,21-48)33(20-57-41(54)34(40(52)53)31(44-3)11-13-47)59-42(38)58-28-8-9-29-32(17-28)56-19-30(37(29)50)24-4-6-27(49)7-5-24/h4-10,12,14-19,31,33-34,38-39,42,44-45,47-49,51,55H,11,13,20-21H2,1-3H3,(H,52,53). The molecule has 1 aliphatic heterocycles. The smallest absolute Gasteiger partial charge is 0.322 e. The monoisotopic (exact) mass is 827 g/mol. The van der Waals surface area contributed by atoms with Crippen molar-refractivity contribution in [3.05, 3.63) is 107 Å². The van der Waals surface area contributed by atoms with Crippen molar-refractivity contribution in [1.29, 1.82) is 0 Å². The van der Waals surface area contributed by atoms with Crippen molar-refractivity contribution in [3.63, 3.8) is 0 Å². The number of phenolic OH excluding ortho intramolecular Hbond substituents is 1.